The van der Waals surface area contributed by atoms with E-state index in [1.54, 1.807) is 0 Å². The number of fused-ring (bicyclic) bond motifs is 1. The average Bonchev–Trinajstić information content (AvgIpc) is 3.20. The highest BCUT2D eigenvalue weighted by molar-refractivity contribution is 7.66. The van der Waals surface area contributed by atoms with Crippen LogP contribution in [0.15, 0.2) is 11.1 Å². The molecule has 1 fully saturated rings. The molecule has 3 unspecified atom stereocenters. The van der Waals surface area contributed by atoms with Gasteiger partial charge in [0.15, 0.2) is 17.4 Å². The standard InChI is InChI=1S/C11H18N5O14P3/c1-26-31(20,21)29-33(24,25)30-32(22,23)27-2-4-6(17)7(18)10(28-4)16-3-13-5-8(16)14-11(12)15-9(5)19/h3-4,6-7,10,17-18H,2H2,1H3,(H,20,21)(H,22,23)(H,24,25)(H3,12,14,15,19)/t4-,6-,7-,10-/m1/s1. The van der Waals surface area contributed by atoms with E-state index in [0.29, 0.717) is 7.11 Å². The molecule has 19 nitrogen and oxygen atoms in total. The van der Waals surface area contributed by atoms with Crippen molar-refractivity contribution in [3.8, 4) is 0 Å². The monoisotopic (exact) mass is 537 g/mol. The van der Waals surface area contributed by atoms with Crippen LogP contribution in [0.5, 0.6) is 0 Å². The van der Waals surface area contributed by atoms with E-state index in [-0.39, 0.29) is 17.1 Å². The molecule has 33 heavy (non-hydrogen) atoms. The van der Waals surface area contributed by atoms with Crippen LogP contribution in [0.3, 0.4) is 0 Å². The molecule has 0 radical (unpaired) electrons. The fourth-order valence-corrected chi connectivity index (χ4v) is 5.99. The maximum Gasteiger partial charge on any atom is 0.490 e. The van der Waals surface area contributed by atoms with Crippen molar-refractivity contribution in [3.63, 3.8) is 0 Å². The molecule has 2 aromatic rings. The van der Waals surface area contributed by atoms with Crippen molar-refractivity contribution in [1.82, 2.24) is 19.5 Å². The van der Waals surface area contributed by atoms with Crippen LogP contribution in [0.4, 0.5) is 5.95 Å². The number of nitrogen functional groups attached to an aromatic ring is 1. The SMILES string of the molecule is COP(=O)(O)OP(=O)(O)OP(=O)(O)OC[C@H]1O[C@@H](n2cnc3c(=O)[nH]c(N)nc32)[C@H](O)[C@@H]1O. The van der Waals surface area contributed by atoms with E-state index in [0.717, 1.165) is 10.9 Å². The summed E-state index contributed by atoms with van der Waals surface area (Å²) < 4.78 is 57.1. The number of aliphatic hydroxyl groups is 2. The maximum absolute atomic E-state index is 11.9. The van der Waals surface area contributed by atoms with E-state index >= 15 is 0 Å². The number of rotatable bonds is 9. The Labute approximate surface area is 182 Å². The molecule has 3 rings (SSSR count). The third-order valence-corrected chi connectivity index (χ3v) is 8.35. The summed E-state index contributed by atoms with van der Waals surface area (Å²) in [6.07, 6.45) is -5.24. The van der Waals surface area contributed by atoms with Gasteiger partial charge >= 0.3 is 23.5 Å². The van der Waals surface area contributed by atoms with Gasteiger partial charge in [-0.25, -0.2) is 18.7 Å². The number of hydrogen-bond acceptors (Lipinski definition) is 14. The molecule has 0 amide bonds. The predicted molar refractivity (Wildman–Crippen MR) is 103 cm³/mol. The van der Waals surface area contributed by atoms with Crippen molar-refractivity contribution < 1.29 is 61.0 Å². The number of aromatic nitrogens is 4. The zero-order chi connectivity index (χ0) is 24.8. The number of phosphoric acid groups is 3. The minimum atomic E-state index is -5.62. The number of nitrogens with one attached hydrogen (secondary N) is 1. The highest BCUT2D eigenvalue weighted by atomic mass is 31.3. The van der Waals surface area contributed by atoms with Crippen molar-refractivity contribution in [3.05, 3.63) is 16.7 Å². The molecule has 186 valence electrons. The lowest BCUT2D eigenvalue weighted by molar-refractivity contribution is -0.0503. The van der Waals surface area contributed by atoms with Gasteiger partial charge in [0.1, 0.15) is 18.3 Å². The summed E-state index contributed by atoms with van der Waals surface area (Å²) in [4.78, 5) is 49.7. The van der Waals surface area contributed by atoms with Crippen LogP contribution >= 0.6 is 23.5 Å². The second-order valence-electron chi connectivity index (χ2n) is 6.37. The lowest BCUT2D eigenvalue weighted by Gasteiger charge is -2.19. The normalized spacial score (nSPS) is 28.9. The Balaban J connectivity index is 1.71. The van der Waals surface area contributed by atoms with E-state index in [9.17, 15) is 38.5 Å². The molecule has 8 N–H and O–H groups in total. The summed E-state index contributed by atoms with van der Waals surface area (Å²) in [6, 6.07) is 0. The second kappa shape index (κ2) is 9.24. The summed E-state index contributed by atoms with van der Waals surface area (Å²) in [6.45, 7) is -0.980. The molecule has 3 heterocycles. The zero-order valence-corrected chi connectivity index (χ0v) is 18.9. The number of anilines is 1. The number of ether oxygens (including phenoxy) is 1. The summed E-state index contributed by atoms with van der Waals surface area (Å²) in [5.74, 6) is -0.267. The summed E-state index contributed by atoms with van der Waals surface area (Å²) in [5.41, 5.74) is 4.55. The van der Waals surface area contributed by atoms with Crippen LogP contribution in [0.1, 0.15) is 6.23 Å². The first-order valence-electron chi connectivity index (χ1n) is 8.50. The third-order valence-electron chi connectivity index (χ3n) is 4.11. The molecule has 7 atom stereocenters. The Hall–Kier alpha value is -1.56. The van der Waals surface area contributed by atoms with Crippen LogP contribution in [-0.4, -0.2) is 76.4 Å². The summed E-state index contributed by atoms with van der Waals surface area (Å²) in [5, 5.41) is 20.5. The van der Waals surface area contributed by atoms with Crippen LogP contribution < -0.4 is 11.3 Å². The number of phosphoric ester groups is 2. The average molecular weight is 537 g/mol. The molecule has 1 aliphatic heterocycles. The lowest BCUT2D eigenvalue weighted by atomic mass is 10.1. The predicted octanol–water partition coefficient (Wildman–Crippen LogP) is -1.68. The largest absolute Gasteiger partial charge is 0.490 e. The number of imidazole rings is 1. The smallest absolute Gasteiger partial charge is 0.387 e. The lowest BCUT2D eigenvalue weighted by Crippen LogP contribution is -2.33. The Morgan fingerprint density at radius 2 is 1.79 bits per heavy atom. The van der Waals surface area contributed by atoms with Gasteiger partial charge in [0.2, 0.25) is 5.95 Å². The van der Waals surface area contributed by atoms with Gasteiger partial charge in [-0.1, -0.05) is 0 Å². The van der Waals surface area contributed by atoms with Crippen molar-refractivity contribution in [2.24, 2.45) is 0 Å². The number of H-pyrrole nitrogens is 1. The van der Waals surface area contributed by atoms with Gasteiger partial charge in [-0.3, -0.25) is 23.4 Å². The second-order valence-corrected chi connectivity index (χ2v) is 11.1. The topological polar surface area (TPSA) is 288 Å². The van der Waals surface area contributed by atoms with Crippen molar-refractivity contribution in [2.45, 2.75) is 24.5 Å². The Kier molecular flexibility index (Phi) is 7.29. The van der Waals surface area contributed by atoms with Gasteiger partial charge in [0.05, 0.1) is 12.9 Å². The molecule has 0 saturated carbocycles. The molecule has 0 aromatic carbocycles. The molecule has 22 heteroatoms. The fraction of sp³-hybridized carbons (Fsp3) is 0.545. The molecular weight excluding hydrogens is 519 g/mol. The first-order valence-corrected chi connectivity index (χ1v) is 13.0. The van der Waals surface area contributed by atoms with E-state index in [2.05, 4.69) is 32.6 Å². The minimum absolute atomic E-state index is 0.102. The number of hydrogen-bond donors (Lipinski definition) is 7. The van der Waals surface area contributed by atoms with Gasteiger partial charge < -0.3 is 35.4 Å². The van der Waals surface area contributed by atoms with E-state index in [1.807, 2.05) is 0 Å². The number of aromatic amines is 1. The minimum Gasteiger partial charge on any atom is -0.387 e. The third kappa shape index (κ3) is 5.93. The molecule has 0 bridgehead atoms. The van der Waals surface area contributed by atoms with Crippen LogP contribution in [-0.2, 0) is 36.1 Å². The van der Waals surface area contributed by atoms with Crippen LogP contribution in [0.25, 0.3) is 11.2 Å². The van der Waals surface area contributed by atoms with E-state index < -0.39 is 60.2 Å². The van der Waals surface area contributed by atoms with Gasteiger partial charge in [-0.2, -0.15) is 13.6 Å². The van der Waals surface area contributed by atoms with E-state index in [1.165, 1.54) is 0 Å². The maximum atomic E-state index is 11.9. The summed E-state index contributed by atoms with van der Waals surface area (Å²) >= 11 is 0. The highest BCUT2D eigenvalue weighted by Crippen LogP contribution is 2.67. The molecule has 1 aliphatic rings. The zero-order valence-electron chi connectivity index (χ0n) is 16.3. The van der Waals surface area contributed by atoms with Gasteiger partial charge in [-0.05, 0) is 0 Å². The number of nitrogens with two attached hydrogens (primary N) is 1. The van der Waals surface area contributed by atoms with Crippen molar-refractivity contribution in [2.75, 3.05) is 19.5 Å². The Morgan fingerprint density at radius 3 is 2.42 bits per heavy atom. The van der Waals surface area contributed by atoms with Crippen molar-refractivity contribution in [1.29, 1.82) is 0 Å². The van der Waals surface area contributed by atoms with Gasteiger partial charge in [0.25, 0.3) is 5.56 Å². The van der Waals surface area contributed by atoms with Crippen LogP contribution in [0.2, 0.25) is 0 Å². The highest BCUT2D eigenvalue weighted by Gasteiger charge is 2.47. The first kappa shape index (κ1) is 26.1. The quantitative estimate of drug-likeness (QED) is 0.176. The Bertz CT molecular complexity index is 1230. The van der Waals surface area contributed by atoms with Crippen molar-refractivity contribution >= 4 is 40.6 Å². The molecule has 1 saturated heterocycles. The molecule has 0 aliphatic carbocycles. The molecular formula is C11H18N5O14P3. The number of aliphatic hydroxyl groups excluding tert-OH is 2. The first-order chi connectivity index (χ1) is 15.1. The fourth-order valence-electron chi connectivity index (χ4n) is 2.73. The Morgan fingerprint density at radius 1 is 1.15 bits per heavy atom. The summed E-state index contributed by atoms with van der Waals surface area (Å²) in [7, 11) is -15.5. The van der Waals surface area contributed by atoms with E-state index in [4.69, 9.17) is 15.4 Å². The molecule has 2 aromatic heterocycles. The van der Waals surface area contributed by atoms with Crippen LogP contribution in [0, 0.1) is 0 Å². The van der Waals surface area contributed by atoms with Gasteiger partial charge in [0, 0.05) is 7.11 Å². The van der Waals surface area contributed by atoms with Gasteiger partial charge in [-0.15, -0.1) is 0 Å². The molecule has 0 spiro atoms. The number of nitrogens with zero attached hydrogens (tertiary/aromatic N) is 3.